The van der Waals surface area contributed by atoms with Gasteiger partial charge in [0.15, 0.2) is 0 Å². The summed E-state index contributed by atoms with van der Waals surface area (Å²) in [5, 5.41) is 30.4. The molecule has 0 amide bonds. The van der Waals surface area contributed by atoms with Crippen LogP contribution in [-0.2, 0) is 26.5 Å². The molecule has 4 N–H and O–H groups in total. The Balaban J connectivity index is -0.0000000452. The maximum absolute atomic E-state index is 10.1. The minimum Gasteiger partial charge on any atom is -0.478 e. The predicted molar refractivity (Wildman–Crippen MR) is 65.3 cm³/mol. The van der Waals surface area contributed by atoms with Crippen molar-refractivity contribution in [3.8, 4) is 0 Å². The van der Waals surface area contributed by atoms with E-state index in [1.54, 1.807) is 34.6 Å². The molecular weight excluding hydrogens is 260 g/mol. The molecular formula is C11H26O5Ti. The summed E-state index contributed by atoms with van der Waals surface area (Å²) in [5.74, 6) is -0.829. The van der Waals surface area contributed by atoms with E-state index in [4.69, 9.17) is 20.4 Å². The quantitative estimate of drug-likeness (QED) is 0.426. The largest absolute Gasteiger partial charge is 0.478 e. The third kappa shape index (κ3) is 49.4. The number of aliphatic hydroxyl groups is 3. The van der Waals surface area contributed by atoms with E-state index in [0.717, 1.165) is 12.7 Å². The van der Waals surface area contributed by atoms with Gasteiger partial charge in [0.2, 0.25) is 0 Å². The monoisotopic (exact) mass is 286 g/mol. The molecule has 5 nitrogen and oxygen atoms in total. The summed E-state index contributed by atoms with van der Waals surface area (Å²) in [6.45, 7) is 9.02. The van der Waals surface area contributed by atoms with Gasteiger partial charge in [-0.2, -0.15) is 0 Å². The second-order valence-electron chi connectivity index (χ2n) is 2.56. The van der Waals surface area contributed by atoms with Crippen LogP contribution in [0.25, 0.3) is 0 Å². The SMILES string of the molecule is CC(C)=C(C)C(=O)O.CCO.CCO.CO.[Ti]. The van der Waals surface area contributed by atoms with Crippen molar-refractivity contribution in [2.75, 3.05) is 20.3 Å². The van der Waals surface area contributed by atoms with Gasteiger partial charge in [-0.25, -0.2) is 4.79 Å². The van der Waals surface area contributed by atoms with E-state index in [-0.39, 0.29) is 34.9 Å². The Morgan fingerprint density at radius 1 is 0.941 bits per heavy atom. The molecule has 0 saturated carbocycles. The van der Waals surface area contributed by atoms with Crippen LogP contribution in [0.2, 0.25) is 0 Å². The van der Waals surface area contributed by atoms with Crippen LogP contribution < -0.4 is 0 Å². The second-order valence-corrected chi connectivity index (χ2v) is 2.56. The van der Waals surface area contributed by atoms with Crippen LogP contribution in [0, 0.1) is 0 Å². The summed E-state index contributed by atoms with van der Waals surface area (Å²) >= 11 is 0. The number of carboxylic acid groups (broad SMARTS) is 1. The molecule has 0 saturated heterocycles. The first kappa shape index (κ1) is 30.1. The summed E-state index contributed by atoms with van der Waals surface area (Å²) in [5.41, 5.74) is 1.29. The van der Waals surface area contributed by atoms with Crippen LogP contribution in [0.4, 0.5) is 0 Å². The second kappa shape index (κ2) is 29.7. The maximum Gasteiger partial charge on any atom is 0.331 e. The zero-order valence-electron chi connectivity index (χ0n) is 11.6. The van der Waals surface area contributed by atoms with E-state index in [1.165, 1.54) is 0 Å². The fourth-order valence-electron chi connectivity index (χ4n) is 0.214. The number of allylic oxidation sites excluding steroid dienone is 1. The van der Waals surface area contributed by atoms with E-state index in [1.807, 2.05) is 0 Å². The van der Waals surface area contributed by atoms with Crippen LogP contribution in [-0.4, -0.2) is 46.7 Å². The van der Waals surface area contributed by atoms with Crippen molar-refractivity contribution in [2.45, 2.75) is 34.6 Å². The Hall–Kier alpha value is -0.196. The van der Waals surface area contributed by atoms with Gasteiger partial charge in [-0.3, -0.25) is 0 Å². The van der Waals surface area contributed by atoms with Crippen molar-refractivity contribution in [1.82, 2.24) is 0 Å². The van der Waals surface area contributed by atoms with Crippen molar-refractivity contribution >= 4 is 5.97 Å². The molecule has 0 rings (SSSR count). The molecule has 104 valence electrons. The molecule has 0 aromatic heterocycles. The van der Waals surface area contributed by atoms with Gasteiger partial charge < -0.3 is 20.4 Å². The van der Waals surface area contributed by atoms with Crippen molar-refractivity contribution in [3.05, 3.63) is 11.1 Å². The number of rotatable bonds is 1. The molecule has 0 unspecified atom stereocenters. The molecule has 0 aliphatic carbocycles. The van der Waals surface area contributed by atoms with E-state index in [0.29, 0.717) is 5.57 Å². The van der Waals surface area contributed by atoms with Crippen molar-refractivity contribution in [2.24, 2.45) is 0 Å². The number of aliphatic carboxylic acids is 1. The van der Waals surface area contributed by atoms with Crippen LogP contribution in [0.5, 0.6) is 0 Å². The average Bonchev–Trinajstić information content (AvgIpc) is 2.21. The molecule has 0 aromatic rings. The van der Waals surface area contributed by atoms with Crippen molar-refractivity contribution < 1.29 is 46.9 Å². The molecule has 0 aromatic carbocycles. The summed E-state index contributed by atoms with van der Waals surface area (Å²) in [4.78, 5) is 10.1. The summed E-state index contributed by atoms with van der Waals surface area (Å²) in [7, 11) is 1.00. The molecule has 0 spiro atoms. The molecule has 0 atom stereocenters. The van der Waals surface area contributed by atoms with Crippen LogP contribution >= 0.6 is 0 Å². The van der Waals surface area contributed by atoms with Crippen molar-refractivity contribution in [1.29, 1.82) is 0 Å². The third-order valence-corrected chi connectivity index (χ3v) is 1.07. The topological polar surface area (TPSA) is 98.0 Å². The van der Waals surface area contributed by atoms with Crippen LogP contribution in [0.3, 0.4) is 0 Å². The Labute approximate surface area is 119 Å². The van der Waals surface area contributed by atoms with Gasteiger partial charge in [0.1, 0.15) is 0 Å². The third-order valence-electron chi connectivity index (χ3n) is 1.07. The summed E-state index contributed by atoms with van der Waals surface area (Å²) < 4.78 is 0. The van der Waals surface area contributed by atoms with Gasteiger partial charge in [0, 0.05) is 47.6 Å². The summed E-state index contributed by atoms with van der Waals surface area (Å²) in [6, 6.07) is 0. The van der Waals surface area contributed by atoms with Gasteiger partial charge in [-0.05, 0) is 34.6 Å². The number of hydrogen-bond acceptors (Lipinski definition) is 4. The van der Waals surface area contributed by atoms with Crippen LogP contribution in [0.1, 0.15) is 34.6 Å². The van der Waals surface area contributed by atoms with E-state index >= 15 is 0 Å². The molecule has 0 bridgehead atoms. The van der Waals surface area contributed by atoms with Gasteiger partial charge in [0.25, 0.3) is 0 Å². The van der Waals surface area contributed by atoms with Gasteiger partial charge in [-0.1, -0.05) is 5.57 Å². The minimum atomic E-state index is -0.829. The summed E-state index contributed by atoms with van der Waals surface area (Å²) in [6.07, 6.45) is 0. The minimum absolute atomic E-state index is 0. The van der Waals surface area contributed by atoms with E-state index in [2.05, 4.69) is 0 Å². The number of carbonyl (C=O) groups is 1. The van der Waals surface area contributed by atoms with Gasteiger partial charge >= 0.3 is 5.97 Å². The Morgan fingerprint density at radius 3 is 1.12 bits per heavy atom. The molecule has 6 heteroatoms. The molecule has 0 aliphatic rings. The molecule has 0 fully saturated rings. The standard InChI is InChI=1S/C6H10O2.2C2H6O.CH4O.Ti/c1-4(2)5(3)6(7)8;2*1-2-3;1-2;/h1-3H3,(H,7,8);2*3H,2H2,1H3;2H,1H3;. The first-order valence-electron chi connectivity index (χ1n) is 4.92. The first-order chi connectivity index (χ1) is 7.38. The fraction of sp³-hybridized carbons (Fsp3) is 0.727. The smallest absolute Gasteiger partial charge is 0.331 e. The Bertz CT molecular complexity index is 163. The fourth-order valence-corrected chi connectivity index (χ4v) is 0.214. The van der Waals surface area contributed by atoms with Crippen molar-refractivity contribution in [3.63, 3.8) is 0 Å². The molecule has 17 heavy (non-hydrogen) atoms. The number of aliphatic hydroxyl groups excluding tert-OH is 3. The average molecular weight is 286 g/mol. The zero-order valence-corrected chi connectivity index (χ0v) is 13.2. The number of hydrogen-bond donors (Lipinski definition) is 4. The zero-order chi connectivity index (χ0) is 14.1. The van der Waals surface area contributed by atoms with E-state index in [9.17, 15) is 4.79 Å². The molecule has 0 heterocycles. The van der Waals surface area contributed by atoms with Gasteiger partial charge in [-0.15, -0.1) is 0 Å². The van der Waals surface area contributed by atoms with Gasteiger partial charge in [0.05, 0.1) is 0 Å². The normalized spacial score (nSPS) is 6.41. The molecule has 0 radical (unpaired) electrons. The maximum atomic E-state index is 10.1. The first-order valence-corrected chi connectivity index (χ1v) is 4.92. The number of carboxylic acids is 1. The predicted octanol–water partition coefficient (Wildman–Crippen LogP) is 1.03. The van der Waals surface area contributed by atoms with E-state index < -0.39 is 5.97 Å². The Morgan fingerprint density at radius 2 is 1.12 bits per heavy atom. The van der Waals surface area contributed by atoms with Crippen LogP contribution in [0.15, 0.2) is 11.1 Å². The Kier molecular flexibility index (Phi) is 52.6. The molecule has 0 aliphatic heterocycles.